The van der Waals surface area contributed by atoms with Gasteiger partial charge < -0.3 is 19.7 Å². The molecule has 0 bridgehead atoms. The molecule has 2 fully saturated rings. The predicted molar refractivity (Wildman–Crippen MR) is 96.8 cm³/mol. The molecular formula is C20H27N2O4+. The first-order valence-electron chi connectivity index (χ1n) is 9.68. The summed E-state index contributed by atoms with van der Waals surface area (Å²) < 4.78 is 10.7. The Morgan fingerprint density at radius 3 is 2.62 bits per heavy atom. The third-order valence-corrected chi connectivity index (χ3v) is 6.06. The minimum Gasteiger partial charge on any atom is -0.454 e. The van der Waals surface area contributed by atoms with Gasteiger partial charge in [0.25, 0.3) is 5.91 Å². The Kier molecular flexibility index (Phi) is 4.85. The van der Waals surface area contributed by atoms with Crippen molar-refractivity contribution in [1.29, 1.82) is 0 Å². The molecule has 0 spiro atoms. The van der Waals surface area contributed by atoms with E-state index in [0.717, 1.165) is 24.9 Å². The van der Waals surface area contributed by atoms with Crippen molar-refractivity contribution in [2.24, 2.45) is 11.8 Å². The van der Waals surface area contributed by atoms with Crippen LogP contribution in [-0.4, -0.2) is 38.1 Å². The van der Waals surface area contributed by atoms with Crippen LogP contribution in [0.4, 0.5) is 5.69 Å². The fourth-order valence-electron chi connectivity index (χ4n) is 4.71. The SMILES string of the molecule is CC(=O)c1cc2c(cc1NC(=O)C[NH+]1CC[C@H]3CCCC[C@@H]3C1)OCO2. The molecule has 26 heavy (non-hydrogen) atoms. The molecule has 0 aromatic heterocycles. The van der Waals surface area contributed by atoms with Crippen LogP contribution in [-0.2, 0) is 4.79 Å². The lowest BCUT2D eigenvalue weighted by Crippen LogP contribution is -3.15. The Hall–Kier alpha value is -2.08. The number of nitrogens with one attached hydrogen (secondary N) is 2. The number of anilines is 1. The number of carbonyl (C=O) groups is 2. The molecule has 1 saturated carbocycles. The summed E-state index contributed by atoms with van der Waals surface area (Å²) in [4.78, 5) is 25.9. The number of piperidine rings is 1. The van der Waals surface area contributed by atoms with E-state index < -0.39 is 0 Å². The number of quaternary nitrogens is 1. The van der Waals surface area contributed by atoms with E-state index in [9.17, 15) is 9.59 Å². The van der Waals surface area contributed by atoms with Gasteiger partial charge in [0.2, 0.25) is 6.79 Å². The highest BCUT2D eigenvalue weighted by Crippen LogP contribution is 2.37. The average molecular weight is 359 g/mol. The summed E-state index contributed by atoms with van der Waals surface area (Å²) in [5.41, 5.74) is 0.974. The van der Waals surface area contributed by atoms with Crippen LogP contribution >= 0.6 is 0 Å². The third-order valence-electron chi connectivity index (χ3n) is 6.06. The standard InChI is InChI=1S/C20H26N2O4/c1-13(23)16-8-18-19(26-12-25-18)9-17(16)21-20(24)11-22-7-6-14-4-2-3-5-15(14)10-22/h8-9,14-15H,2-7,10-12H2,1H3,(H,21,24)/p+1/t14-,15-/m1/s1. The zero-order chi connectivity index (χ0) is 18.1. The van der Waals surface area contributed by atoms with Gasteiger partial charge in [0.1, 0.15) is 0 Å². The minimum atomic E-state index is -0.103. The van der Waals surface area contributed by atoms with Crippen LogP contribution in [0.2, 0.25) is 0 Å². The minimum absolute atomic E-state index is 0.0457. The summed E-state index contributed by atoms with van der Waals surface area (Å²) in [6.45, 7) is 4.25. The van der Waals surface area contributed by atoms with Crippen LogP contribution < -0.4 is 19.7 Å². The van der Waals surface area contributed by atoms with Crippen molar-refractivity contribution in [3.8, 4) is 11.5 Å². The zero-order valence-electron chi connectivity index (χ0n) is 15.3. The average Bonchev–Trinajstić information content (AvgIpc) is 3.08. The Morgan fingerprint density at radius 2 is 1.85 bits per heavy atom. The molecule has 1 amide bonds. The van der Waals surface area contributed by atoms with Crippen LogP contribution in [0.5, 0.6) is 11.5 Å². The predicted octanol–water partition coefficient (Wildman–Crippen LogP) is 1.65. The molecule has 1 aromatic carbocycles. The summed E-state index contributed by atoms with van der Waals surface area (Å²) in [6, 6.07) is 3.35. The largest absolute Gasteiger partial charge is 0.454 e. The second kappa shape index (κ2) is 7.27. The molecule has 1 aliphatic carbocycles. The highest BCUT2D eigenvalue weighted by atomic mass is 16.7. The number of hydrogen-bond donors (Lipinski definition) is 2. The van der Waals surface area contributed by atoms with E-state index in [-0.39, 0.29) is 18.5 Å². The molecule has 6 nitrogen and oxygen atoms in total. The maximum Gasteiger partial charge on any atom is 0.279 e. The topological polar surface area (TPSA) is 69.1 Å². The van der Waals surface area contributed by atoms with Gasteiger partial charge >= 0.3 is 0 Å². The van der Waals surface area contributed by atoms with Crippen molar-refractivity contribution in [2.75, 3.05) is 31.7 Å². The number of ketones is 1. The number of ether oxygens (including phenoxy) is 2. The number of Topliss-reactive ketones (excluding diaryl/α,β-unsaturated/α-hetero) is 1. The fraction of sp³-hybridized carbons (Fsp3) is 0.600. The maximum atomic E-state index is 12.6. The normalized spacial score (nSPS) is 26.9. The quantitative estimate of drug-likeness (QED) is 0.802. The highest BCUT2D eigenvalue weighted by Gasteiger charge is 2.34. The Labute approximate surface area is 153 Å². The molecule has 2 heterocycles. The van der Waals surface area contributed by atoms with Gasteiger partial charge in [-0.05, 0) is 38.2 Å². The number of likely N-dealkylation sites (tertiary alicyclic amines) is 1. The smallest absolute Gasteiger partial charge is 0.279 e. The molecule has 1 saturated heterocycles. The van der Waals surface area contributed by atoms with E-state index in [1.165, 1.54) is 43.9 Å². The number of carbonyl (C=O) groups excluding carboxylic acids is 2. The molecule has 3 aliphatic rings. The first kappa shape index (κ1) is 17.3. The van der Waals surface area contributed by atoms with E-state index in [1.54, 1.807) is 12.1 Å². The summed E-state index contributed by atoms with van der Waals surface area (Å²) >= 11 is 0. The van der Waals surface area contributed by atoms with Crippen molar-refractivity contribution < 1.29 is 24.0 Å². The second-order valence-corrected chi connectivity index (χ2v) is 7.83. The number of hydrogen-bond acceptors (Lipinski definition) is 4. The van der Waals surface area contributed by atoms with Gasteiger partial charge in [-0.1, -0.05) is 12.8 Å². The monoisotopic (exact) mass is 359 g/mol. The van der Waals surface area contributed by atoms with Crippen LogP contribution in [0.1, 0.15) is 49.4 Å². The molecule has 2 N–H and O–H groups in total. The summed E-state index contributed by atoms with van der Waals surface area (Å²) in [6.07, 6.45) is 6.61. The number of amides is 1. The number of benzene rings is 1. The lowest BCUT2D eigenvalue weighted by molar-refractivity contribution is -0.902. The third kappa shape index (κ3) is 3.56. The molecule has 2 aliphatic heterocycles. The van der Waals surface area contributed by atoms with Crippen molar-refractivity contribution in [3.63, 3.8) is 0 Å². The molecule has 6 heteroatoms. The van der Waals surface area contributed by atoms with Crippen LogP contribution in [0, 0.1) is 11.8 Å². The van der Waals surface area contributed by atoms with Crippen molar-refractivity contribution in [1.82, 2.24) is 0 Å². The van der Waals surface area contributed by atoms with E-state index >= 15 is 0 Å². The van der Waals surface area contributed by atoms with Gasteiger partial charge in [-0.2, -0.15) is 0 Å². The van der Waals surface area contributed by atoms with Gasteiger partial charge in [-0.25, -0.2) is 0 Å². The van der Waals surface area contributed by atoms with E-state index in [0.29, 0.717) is 29.3 Å². The van der Waals surface area contributed by atoms with Crippen LogP contribution in [0.25, 0.3) is 0 Å². The Balaban J connectivity index is 1.41. The first-order chi connectivity index (χ1) is 12.6. The van der Waals surface area contributed by atoms with Crippen molar-refractivity contribution in [2.45, 2.75) is 39.0 Å². The van der Waals surface area contributed by atoms with Gasteiger partial charge in [-0.15, -0.1) is 0 Å². The molecule has 3 atom stereocenters. The van der Waals surface area contributed by atoms with E-state index in [4.69, 9.17) is 9.47 Å². The summed E-state index contributed by atoms with van der Waals surface area (Å²) in [7, 11) is 0. The van der Waals surface area contributed by atoms with Crippen molar-refractivity contribution in [3.05, 3.63) is 17.7 Å². The number of rotatable bonds is 4. The van der Waals surface area contributed by atoms with Gasteiger partial charge in [0.15, 0.2) is 23.8 Å². The molecule has 4 rings (SSSR count). The van der Waals surface area contributed by atoms with Gasteiger partial charge in [-0.3, -0.25) is 9.59 Å². The van der Waals surface area contributed by atoms with E-state index in [1.807, 2.05) is 0 Å². The Morgan fingerprint density at radius 1 is 1.12 bits per heavy atom. The number of fused-ring (bicyclic) bond motifs is 2. The van der Waals surface area contributed by atoms with Gasteiger partial charge in [0.05, 0.1) is 18.8 Å². The first-order valence-corrected chi connectivity index (χ1v) is 9.68. The zero-order valence-corrected chi connectivity index (χ0v) is 15.3. The molecular weight excluding hydrogens is 332 g/mol. The molecule has 140 valence electrons. The fourth-order valence-corrected chi connectivity index (χ4v) is 4.71. The molecule has 1 unspecified atom stereocenters. The Bertz CT molecular complexity index is 718. The summed E-state index contributed by atoms with van der Waals surface area (Å²) in [5.74, 6) is 2.62. The van der Waals surface area contributed by atoms with Crippen LogP contribution in [0.3, 0.4) is 0 Å². The van der Waals surface area contributed by atoms with Crippen molar-refractivity contribution >= 4 is 17.4 Å². The van der Waals surface area contributed by atoms with Crippen LogP contribution in [0.15, 0.2) is 12.1 Å². The van der Waals surface area contributed by atoms with Gasteiger partial charge in [0, 0.05) is 17.5 Å². The highest BCUT2D eigenvalue weighted by molar-refractivity contribution is 6.04. The van der Waals surface area contributed by atoms with E-state index in [2.05, 4.69) is 5.32 Å². The lowest BCUT2D eigenvalue weighted by atomic mass is 9.75. The molecule has 1 aromatic rings. The lowest BCUT2D eigenvalue weighted by Gasteiger charge is -2.38. The second-order valence-electron chi connectivity index (χ2n) is 7.83. The maximum absolute atomic E-state index is 12.6. The molecule has 0 radical (unpaired) electrons. The summed E-state index contributed by atoms with van der Waals surface area (Å²) in [5, 5.41) is 2.92.